The Bertz CT molecular complexity index is 1310. The van der Waals surface area contributed by atoms with Gasteiger partial charge in [-0.1, -0.05) is 76.2 Å². The van der Waals surface area contributed by atoms with E-state index in [1.807, 2.05) is 52.1 Å². The monoisotopic (exact) mass is 673 g/mol. The molecule has 0 saturated carbocycles. The minimum Gasteiger partial charge on any atom is -0.392 e. The number of imidazole rings is 1. The van der Waals surface area contributed by atoms with Crippen molar-refractivity contribution in [1.29, 1.82) is 0 Å². The Morgan fingerprint density at radius 1 is 1.13 bits per heavy atom. The van der Waals surface area contributed by atoms with E-state index in [9.17, 15) is 5.21 Å². The Labute approximate surface area is 287 Å². The lowest BCUT2D eigenvalue weighted by molar-refractivity contribution is 0.0466. The number of halogens is 1. The molecule has 1 aromatic carbocycles. The Kier molecular flexibility index (Phi) is 22.4. The molecule has 1 saturated heterocycles. The number of rotatable bonds is 9. The first kappa shape index (κ1) is 42.9. The van der Waals surface area contributed by atoms with Gasteiger partial charge in [0.05, 0.1) is 29.4 Å². The van der Waals surface area contributed by atoms with Crippen molar-refractivity contribution < 1.29 is 10.3 Å². The number of hydrazine groups is 1. The largest absolute Gasteiger partial charge is 0.392 e. The van der Waals surface area contributed by atoms with Gasteiger partial charge in [-0.2, -0.15) is 10.2 Å². The molecule has 2 aromatic heterocycles. The third kappa shape index (κ3) is 13.3. The minimum atomic E-state index is 0.0930. The lowest BCUT2D eigenvalue weighted by atomic mass is 10.1. The highest BCUT2D eigenvalue weighted by Crippen LogP contribution is 2.31. The van der Waals surface area contributed by atoms with Crippen LogP contribution in [0.25, 0.3) is 17.0 Å². The van der Waals surface area contributed by atoms with Gasteiger partial charge in [0, 0.05) is 37.4 Å². The maximum Gasteiger partial charge on any atom is 0.223 e. The number of hydrogen-bond acceptors (Lipinski definition) is 9. The maximum atomic E-state index is 10.7. The summed E-state index contributed by atoms with van der Waals surface area (Å²) in [5.74, 6) is 0.570. The van der Waals surface area contributed by atoms with E-state index in [2.05, 4.69) is 54.5 Å². The average molecular weight is 674 g/mol. The van der Waals surface area contributed by atoms with E-state index in [-0.39, 0.29) is 12.6 Å². The lowest BCUT2D eigenvalue weighted by Crippen LogP contribution is -2.50. The van der Waals surface area contributed by atoms with Crippen molar-refractivity contribution in [2.45, 2.75) is 78.9 Å². The van der Waals surface area contributed by atoms with E-state index in [0.29, 0.717) is 23.2 Å². The molecular formula is C35H56ClN7O2S. The van der Waals surface area contributed by atoms with Gasteiger partial charge < -0.3 is 15.0 Å². The van der Waals surface area contributed by atoms with Crippen molar-refractivity contribution in [3.63, 3.8) is 0 Å². The number of piperidine rings is 1. The van der Waals surface area contributed by atoms with Crippen LogP contribution in [0.2, 0.25) is 5.02 Å². The molecular weight excluding hydrogens is 618 g/mol. The number of hydrogen-bond donors (Lipinski definition) is 3. The molecule has 1 atom stereocenters. The summed E-state index contributed by atoms with van der Waals surface area (Å²) >= 11 is 7.61. The molecule has 11 heteroatoms. The zero-order valence-electron chi connectivity index (χ0n) is 29.3. The van der Waals surface area contributed by atoms with Gasteiger partial charge in [-0.15, -0.1) is 13.2 Å². The molecule has 256 valence electrons. The van der Waals surface area contributed by atoms with Crippen molar-refractivity contribution in [3.05, 3.63) is 78.6 Å². The fourth-order valence-electron chi connectivity index (χ4n) is 4.36. The number of benzene rings is 1. The highest BCUT2D eigenvalue weighted by Gasteiger charge is 2.25. The van der Waals surface area contributed by atoms with Gasteiger partial charge in [0.15, 0.2) is 5.16 Å². The molecule has 3 aromatic rings. The van der Waals surface area contributed by atoms with Gasteiger partial charge in [0.2, 0.25) is 5.95 Å². The standard InChI is InChI=1S/C25H32ClN7OS.C4H8O.2C2H6.C2H4/c1-5-7-17(2)22-23(31(3)25(30-22)35-4)21-13-14-27-24(29-21)28-19-8-6-15-32(16-19)33(34)20-11-9-18(26)10-12-20;1-4(2)3-5;3*1-2/h7,9-14,19,34H,5-6,8,15-16H2,1-4H3,(H,27,28,29);5H,1,3H2,2H3;2*1-2H3;1-2H2/b17-7+;;;;. The van der Waals surface area contributed by atoms with Crippen LogP contribution in [-0.2, 0) is 7.05 Å². The molecule has 9 nitrogen and oxygen atoms in total. The molecule has 3 N–H and O–H groups in total. The molecule has 0 bridgehead atoms. The van der Waals surface area contributed by atoms with Crippen molar-refractivity contribution in [2.75, 3.05) is 36.4 Å². The van der Waals surface area contributed by atoms with Crippen molar-refractivity contribution in [1.82, 2.24) is 24.5 Å². The predicted octanol–water partition coefficient (Wildman–Crippen LogP) is 9.16. The number of nitrogens with one attached hydrogen (secondary N) is 1. The Hall–Kier alpha value is -3.15. The van der Waals surface area contributed by atoms with E-state index in [4.69, 9.17) is 26.7 Å². The van der Waals surface area contributed by atoms with Crippen molar-refractivity contribution in [2.24, 2.45) is 7.05 Å². The number of thioether (sulfide) groups is 1. The van der Waals surface area contributed by atoms with Crippen LogP contribution in [0.1, 0.15) is 73.4 Å². The topological polar surface area (TPSA) is 103 Å². The molecule has 3 heterocycles. The fraction of sp³-hybridized carbons (Fsp3) is 0.457. The third-order valence-corrected chi connectivity index (χ3v) is 7.33. The second kappa shape index (κ2) is 24.1. The molecule has 46 heavy (non-hydrogen) atoms. The van der Waals surface area contributed by atoms with Crippen LogP contribution in [0.3, 0.4) is 0 Å². The molecule has 0 radical (unpaired) electrons. The van der Waals surface area contributed by atoms with Crippen LogP contribution in [0.15, 0.2) is 73.1 Å². The number of aliphatic hydroxyl groups excluding tert-OH is 1. The number of anilines is 2. The minimum absolute atomic E-state index is 0.0930. The third-order valence-electron chi connectivity index (χ3n) is 6.35. The van der Waals surface area contributed by atoms with Gasteiger partial charge in [0.25, 0.3) is 0 Å². The lowest BCUT2D eigenvalue weighted by Gasteiger charge is -2.37. The summed E-state index contributed by atoms with van der Waals surface area (Å²) in [6.07, 6.45) is 8.85. The zero-order chi connectivity index (χ0) is 35.2. The van der Waals surface area contributed by atoms with Crippen molar-refractivity contribution >= 4 is 40.6 Å². The first-order valence-corrected chi connectivity index (χ1v) is 17.4. The summed E-state index contributed by atoms with van der Waals surface area (Å²) in [6.45, 7) is 24.9. The summed E-state index contributed by atoms with van der Waals surface area (Å²) in [4.78, 5) is 14.2. The van der Waals surface area contributed by atoms with E-state index in [1.165, 1.54) is 5.17 Å². The zero-order valence-corrected chi connectivity index (χ0v) is 30.9. The fourth-order valence-corrected chi connectivity index (χ4v) is 5.03. The Morgan fingerprint density at radius 3 is 2.28 bits per heavy atom. The highest BCUT2D eigenvalue weighted by atomic mass is 35.5. The SMILES string of the molecule is C=C.C=C(C)CO.CC.CC.CC/C=C(\C)c1nc(SC)n(C)c1-c1ccnc(NC2CCCN(N(O)c3ccc(Cl)cc3)C2)n1. The molecule has 1 aliphatic heterocycles. The quantitative estimate of drug-likeness (QED) is 0.117. The second-order valence-electron chi connectivity index (χ2n) is 9.69. The summed E-state index contributed by atoms with van der Waals surface area (Å²) < 4.78 is 2.09. The first-order chi connectivity index (χ1) is 22.2. The number of nitrogens with zero attached hydrogens (tertiary/aromatic N) is 6. The van der Waals surface area contributed by atoms with Gasteiger partial charge in [0.1, 0.15) is 0 Å². The average Bonchev–Trinajstić information content (AvgIpc) is 3.44. The summed E-state index contributed by atoms with van der Waals surface area (Å²) in [5.41, 5.74) is 5.39. The molecule has 1 aliphatic rings. The normalized spacial score (nSPS) is 14.1. The Balaban J connectivity index is 0.00000163. The van der Waals surface area contributed by atoms with E-state index in [0.717, 1.165) is 59.2 Å². The summed E-state index contributed by atoms with van der Waals surface area (Å²) in [6, 6.07) is 9.16. The smallest absolute Gasteiger partial charge is 0.223 e. The second-order valence-corrected chi connectivity index (χ2v) is 10.9. The van der Waals surface area contributed by atoms with E-state index < -0.39 is 0 Å². The molecule has 0 amide bonds. The van der Waals surface area contributed by atoms with Crippen LogP contribution in [-0.4, -0.2) is 66.8 Å². The van der Waals surface area contributed by atoms with Gasteiger partial charge in [-0.3, -0.25) is 5.21 Å². The number of aromatic nitrogens is 4. The van der Waals surface area contributed by atoms with Crippen LogP contribution < -0.4 is 10.5 Å². The summed E-state index contributed by atoms with van der Waals surface area (Å²) in [5, 5.41) is 27.0. The molecule has 0 spiro atoms. The first-order valence-electron chi connectivity index (χ1n) is 15.8. The van der Waals surface area contributed by atoms with Crippen LogP contribution in [0, 0.1) is 0 Å². The maximum absolute atomic E-state index is 10.7. The molecule has 1 fully saturated rings. The van der Waals surface area contributed by atoms with E-state index in [1.54, 1.807) is 49.1 Å². The highest BCUT2D eigenvalue weighted by molar-refractivity contribution is 7.98. The van der Waals surface area contributed by atoms with Gasteiger partial charge in [-0.05, 0) is 75.3 Å². The number of allylic oxidation sites excluding steroid dienone is 2. The molecule has 0 aliphatic carbocycles. The van der Waals surface area contributed by atoms with Crippen LogP contribution >= 0.6 is 23.4 Å². The van der Waals surface area contributed by atoms with Gasteiger partial charge >= 0.3 is 0 Å². The van der Waals surface area contributed by atoms with Crippen LogP contribution in [0.5, 0.6) is 0 Å². The number of aliphatic hydroxyl groups is 1. The Morgan fingerprint density at radius 2 is 1.74 bits per heavy atom. The predicted molar refractivity (Wildman–Crippen MR) is 200 cm³/mol. The summed E-state index contributed by atoms with van der Waals surface area (Å²) in [7, 11) is 2.03. The molecule has 4 rings (SSSR count). The van der Waals surface area contributed by atoms with Crippen LogP contribution in [0.4, 0.5) is 11.6 Å². The van der Waals surface area contributed by atoms with E-state index >= 15 is 0 Å². The van der Waals surface area contributed by atoms with Crippen molar-refractivity contribution in [3.8, 4) is 11.4 Å². The molecule has 1 unspecified atom stereocenters. The van der Waals surface area contributed by atoms with Gasteiger partial charge in [-0.25, -0.2) is 15.0 Å².